The van der Waals surface area contributed by atoms with Crippen molar-refractivity contribution < 1.29 is 9.53 Å². The summed E-state index contributed by atoms with van der Waals surface area (Å²) >= 11 is 0. The summed E-state index contributed by atoms with van der Waals surface area (Å²) in [6.45, 7) is 2.97. The normalized spacial score (nSPS) is 15.4. The summed E-state index contributed by atoms with van der Waals surface area (Å²) < 4.78 is 5.32. The molecule has 3 N–H and O–H groups in total. The number of hydrogen-bond donors (Lipinski definition) is 2. The average molecular weight is 249 g/mol. The van der Waals surface area contributed by atoms with Crippen LogP contribution in [0.3, 0.4) is 0 Å². The van der Waals surface area contributed by atoms with Gasteiger partial charge in [-0.15, -0.1) is 0 Å². The van der Waals surface area contributed by atoms with Crippen molar-refractivity contribution in [3.8, 4) is 5.75 Å². The van der Waals surface area contributed by atoms with E-state index in [4.69, 9.17) is 10.5 Å². The molecular formula is C13H19N3O2. The van der Waals surface area contributed by atoms with Crippen LogP contribution in [0.15, 0.2) is 18.2 Å². The second-order valence-corrected chi connectivity index (χ2v) is 4.70. The zero-order valence-corrected chi connectivity index (χ0v) is 10.8. The SMILES string of the molecule is CC(N)CCN(C)c1ccc2c(c1)NC(=O)CO2. The molecule has 0 aliphatic carbocycles. The molecule has 1 heterocycles. The third-order valence-corrected chi connectivity index (χ3v) is 2.96. The number of anilines is 2. The smallest absolute Gasteiger partial charge is 0.262 e. The first-order valence-corrected chi connectivity index (χ1v) is 6.09. The van der Waals surface area contributed by atoms with Crippen LogP contribution in [-0.4, -0.2) is 32.1 Å². The Morgan fingerprint density at radius 2 is 2.33 bits per heavy atom. The minimum absolute atomic E-state index is 0.0902. The Hall–Kier alpha value is -1.75. The lowest BCUT2D eigenvalue weighted by Crippen LogP contribution is -2.27. The molecule has 0 saturated heterocycles. The molecule has 0 radical (unpaired) electrons. The second kappa shape index (κ2) is 5.27. The fourth-order valence-electron chi connectivity index (χ4n) is 1.83. The summed E-state index contributed by atoms with van der Waals surface area (Å²) in [5.74, 6) is 0.608. The predicted molar refractivity (Wildman–Crippen MR) is 72.1 cm³/mol. The van der Waals surface area contributed by atoms with Gasteiger partial charge < -0.3 is 20.7 Å². The number of rotatable bonds is 4. The van der Waals surface area contributed by atoms with Crippen LogP contribution in [0.2, 0.25) is 0 Å². The molecule has 18 heavy (non-hydrogen) atoms. The van der Waals surface area contributed by atoms with Crippen LogP contribution in [0.5, 0.6) is 5.75 Å². The topological polar surface area (TPSA) is 67.6 Å². The Labute approximate surface area is 107 Å². The molecular weight excluding hydrogens is 230 g/mol. The van der Waals surface area contributed by atoms with Crippen LogP contribution in [0.1, 0.15) is 13.3 Å². The standard InChI is InChI=1S/C13H19N3O2/c1-9(14)5-6-16(2)10-3-4-12-11(7-10)15-13(17)8-18-12/h3-4,7,9H,5-6,8,14H2,1-2H3,(H,15,17). The van der Waals surface area contributed by atoms with Gasteiger partial charge in [0.1, 0.15) is 5.75 Å². The van der Waals surface area contributed by atoms with E-state index < -0.39 is 0 Å². The summed E-state index contributed by atoms with van der Waals surface area (Å²) in [6, 6.07) is 5.98. The van der Waals surface area contributed by atoms with Crippen LogP contribution in [0, 0.1) is 0 Å². The zero-order chi connectivity index (χ0) is 13.1. The number of carbonyl (C=O) groups excluding carboxylic acids is 1. The molecule has 1 aliphatic heterocycles. The quantitative estimate of drug-likeness (QED) is 0.841. The van der Waals surface area contributed by atoms with Gasteiger partial charge in [-0.05, 0) is 31.5 Å². The summed E-state index contributed by atoms with van der Waals surface area (Å²) in [5, 5.41) is 2.80. The maximum Gasteiger partial charge on any atom is 0.262 e. The van der Waals surface area contributed by atoms with E-state index in [9.17, 15) is 4.79 Å². The van der Waals surface area contributed by atoms with Gasteiger partial charge in [0.25, 0.3) is 5.91 Å². The molecule has 98 valence electrons. The summed E-state index contributed by atoms with van der Waals surface area (Å²) in [7, 11) is 2.01. The minimum Gasteiger partial charge on any atom is -0.482 e. The number of nitrogens with one attached hydrogen (secondary N) is 1. The molecule has 1 aromatic rings. The molecule has 0 bridgehead atoms. The van der Waals surface area contributed by atoms with Crippen molar-refractivity contribution in [3.63, 3.8) is 0 Å². The third-order valence-electron chi connectivity index (χ3n) is 2.96. The first-order valence-electron chi connectivity index (χ1n) is 6.09. The Bertz CT molecular complexity index is 446. The van der Waals surface area contributed by atoms with Crippen LogP contribution in [0.4, 0.5) is 11.4 Å². The molecule has 1 amide bonds. The number of hydrogen-bond acceptors (Lipinski definition) is 4. The fraction of sp³-hybridized carbons (Fsp3) is 0.462. The van der Waals surface area contributed by atoms with E-state index in [-0.39, 0.29) is 18.6 Å². The third kappa shape index (κ3) is 2.92. The van der Waals surface area contributed by atoms with Gasteiger partial charge in [0.15, 0.2) is 6.61 Å². The van der Waals surface area contributed by atoms with Crippen molar-refractivity contribution in [2.75, 3.05) is 30.4 Å². The first kappa shape index (κ1) is 12.7. The number of ether oxygens (including phenoxy) is 1. The van der Waals surface area contributed by atoms with Crippen molar-refractivity contribution >= 4 is 17.3 Å². The number of nitrogens with zero attached hydrogens (tertiary/aromatic N) is 1. The lowest BCUT2D eigenvalue weighted by Gasteiger charge is -2.24. The van der Waals surface area contributed by atoms with Gasteiger partial charge in [0, 0.05) is 25.3 Å². The van der Waals surface area contributed by atoms with E-state index in [1.165, 1.54) is 0 Å². The van der Waals surface area contributed by atoms with Crippen molar-refractivity contribution in [2.45, 2.75) is 19.4 Å². The highest BCUT2D eigenvalue weighted by Crippen LogP contribution is 2.31. The number of carbonyl (C=O) groups is 1. The van der Waals surface area contributed by atoms with E-state index in [1.807, 2.05) is 32.2 Å². The molecule has 5 heteroatoms. The predicted octanol–water partition coefficient (Wildman–Crippen LogP) is 1.19. The molecule has 0 spiro atoms. The van der Waals surface area contributed by atoms with E-state index in [0.717, 1.165) is 30.1 Å². The van der Waals surface area contributed by atoms with Gasteiger partial charge in [-0.3, -0.25) is 4.79 Å². The molecule has 0 saturated carbocycles. The first-order chi connectivity index (χ1) is 8.56. The average Bonchev–Trinajstić information content (AvgIpc) is 2.34. The van der Waals surface area contributed by atoms with Crippen molar-refractivity contribution in [1.29, 1.82) is 0 Å². The number of benzene rings is 1. The number of fused-ring (bicyclic) bond motifs is 1. The summed E-state index contributed by atoms with van der Waals surface area (Å²) in [5.41, 5.74) is 7.52. The van der Waals surface area contributed by atoms with E-state index in [2.05, 4.69) is 10.2 Å². The number of nitrogens with two attached hydrogens (primary N) is 1. The minimum atomic E-state index is -0.113. The van der Waals surface area contributed by atoms with Crippen LogP contribution < -0.4 is 20.7 Å². The number of amides is 1. The summed E-state index contributed by atoms with van der Waals surface area (Å²) in [4.78, 5) is 13.4. The Kier molecular flexibility index (Phi) is 3.72. The summed E-state index contributed by atoms with van der Waals surface area (Å²) in [6.07, 6.45) is 0.927. The van der Waals surface area contributed by atoms with E-state index >= 15 is 0 Å². The molecule has 0 aromatic heterocycles. The van der Waals surface area contributed by atoms with Gasteiger partial charge in [0.2, 0.25) is 0 Å². The Morgan fingerprint density at radius 3 is 3.06 bits per heavy atom. The Balaban J connectivity index is 2.10. The highest BCUT2D eigenvalue weighted by molar-refractivity contribution is 5.96. The van der Waals surface area contributed by atoms with E-state index in [1.54, 1.807) is 0 Å². The van der Waals surface area contributed by atoms with Gasteiger partial charge in [-0.25, -0.2) is 0 Å². The van der Waals surface area contributed by atoms with Crippen molar-refractivity contribution in [3.05, 3.63) is 18.2 Å². The molecule has 1 aromatic carbocycles. The van der Waals surface area contributed by atoms with Gasteiger partial charge in [-0.1, -0.05) is 0 Å². The molecule has 0 fully saturated rings. The van der Waals surface area contributed by atoms with Gasteiger partial charge in [-0.2, -0.15) is 0 Å². The monoisotopic (exact) mass is 249 g/mol. The molecule has 1 aliphatic rings. The fourth-order valence-corrected chi connectivity index (χ4v) is 1.83. The largest absolute Gasteiger partial charge is 0.482 e. The second-order valence-electron chi connectivity index (χ2n) is 4.70. The van der Waals surface area contributed by atoms with Crippen molar-refractivity contribution in [2.24, 2.45) is 5.73 Å². The highest BCUT2D eigenvalue weighted by Gasteiger charge is 2.16. The van der Waals surface area contributed by atoms with E-state index in [0.29, 0.717) is 0 Å². The maximum absolute atomic E-state index is 11.3. The molecule has 1 atom stereocenters. The van der Waals surface area contributed by atoms with Gasteiger partial charge in [0.05, 0.1) is 5.69 Å². The molecule has 1 unspecified atom stereocenters. The Morgan fingerprint density at radius 1 is 1.56 bits per heavy atom. The van der Waals surface area contributed by atoms with Crippen LogP contribution in [-0.2, 0) is 4.79 Å². The van der Waals surface area contributed by atoms with Crippen LogP contribution >= 0.6 is 0 Å². The van der Waals surface area contributed by atoms with Gasteiger partial charge >= 0.3 is 0 Å². The molecule has 5 nitrogen and oxygen atoms in total. The molecule has 2 rings (SSSR count). The zero-order valence-electron chi connectivity index (χ0n) is 10.8. The maximum atomic E-state index is 11.3. The highest BCUT2D eigenvalue weighted by atomic mass is 16.5. The lowest BCUT2D eigenvalue weighted by atomic mass is 10.2. The van der Waals surface area contributed by atoms with Crippen molar-refractivity contribution in [1.82, 2.24) is 0 Å². The lowest BCUT2D eigenvalue weighted by molar-refractivity contribution is -0.118. The van der Waals surface area contributed by atoms with Crippen LogP contribution in [0.25, 0.3) is 0 Å².